The average molecular weight is 512 g/mol. The van der Waals surface area contributed by atoms with Crippen LogP contribution < -0.4 is 9.47 Å². The number of hydrogen-bond acceptors (Lipinski definition) is 5. The molecule has 0 aliphatic carbocycles. The van der Waals surface area contributed by atoms with Gasteiger partial charge in [0, 0.05) is 10.4 Å². The highest BCUT2D eigenvalue weighted by molar-refractivity contribution is 7.13. The van der Waals surface area contributed by atoms with Gasteiger partial charge in [-0.2, -0.15) is 4.39 Å². The van der Waals surface area contributed by atoms with Gasteiger partial charge in [0.1, 0.15) is 10.6 Å². The van der Waals surface area contributed by atoms with Gasteiger partial charge in [0.15, 0.2) is 5.75 Å². The van der Waals surface area contributed by atoms with E-state index in [0.717, 1.165) is 44.1 Å². The first-order valence-corrected chi connectivity index (χ1v) is 14.1. The second kappa shape index (κ2) is 15.4. The lowest BCUT2D eigenvalue weighted by Gasteiger charge is -2.09. The van der Waals surface area contributed by atoms with E-state index in [2.05, 4.69) is 18.8 Å². The standard InChI is InChI=1S/C30H38FNO3S/c1-3-5-7-9-10-11-13-25-18-21-28(36-25)30(33)35-24-16-14-23(15-17-24)26-19-20-27(29(31)32-26)34-22-12-8-6-4-2/h14-21H,3-13,22H2,1-2H3. The quantitative estimate of drug-likeness (QED) is 0.0833. The summed E-state index contributed by atoms with van der Waals surface area (Å²) in [5.41, 5.74) is 1.24. The SMILES string of the molecule is CCCCCCCCc1ccc(C(=O)Oc2ccc(-c3ccc(OCCCCCC)c(F)n3)cc2)s1. The minimum atomic E-state index is -0.618. The molecule has 0 unspecified atom stereocenters. The predicted octanol–water partition coefficient (Wildman–Crippen LogP) is 9.03. The summed E-state index contributed by atoms with van der Waals surface area (Å²) >= 11 is 1.50. The maximum Gasteiger partial charge on any atom is 0.353 e. The first kappa shape index (κ1) is 27.9. The van der Waals surface area contributed by atoms with E-state index in [1.807, 2.05) is 12.1 Å². The summed E-state index contributed by atoms with van der Waals surface area (Å²) in [6.07, 6.45) is 12.8. The molecule has 2 aromatic heterocycles. The highest BCUT2D eigenvalue weighted by Gasteiger charge is 2.13. The molecule has 0 atom stereocenters. The molecular weight excluding hydrogens is 473 g/mol. The summed E-state index contributed by atoms with van der Waals surface area (Å²) in [6, 6.07) is 14.2. The van der Waals surface area contributed by atoms with Crippen LogP contribution in [0.15, 0.2) is 48.5 Å². The fraction of sp³-hybridized carbons (Fsp3) is 0.467. The Morgan fingerprint density at radius 1 is 0.833 bits per heavy atom. The lowest BCUT2D eigenvalue weighted by molar-refractivity contribution is 0.0740. The maximum absolute atomic E-state index is 14.4. The number of aromatic nitrogens is 1. The van der Waals surface area contributed by atoms with E-state index >= 15 is 0 Å². The lowest BCUT2D eigenvalue weighted by atomic mass is 10.1. The minimum Gasteiger partial charge on any atom is -0.489 e. The molecule has 1 aromatic carbocycles. The second-order valence-corrected chi connectivity index (χ2v) is 10.3. The van der Waals surface area contributed by atoms with Gasteiger partial charge in [0.05, 0.1) is 12.3 Å². The molecule has 0 amide bonds. The molecule has 0 aliphatic rings. The summed E-state index contributed by atoms with van der Waals surface area (Å²) < 4.78 is 25.5. The van der Waals surface area contributed by atoms with Crippen molar-refractivity contribution in [2.45, 2.75) is 84.5 Å². The minimum absolute atomic E-state index is 0.174. The van der Waals surface area contributed by atoms with E-state index in [-0.39, 0.29) is 11.7 Å². The summed E-state index contributed by atoms with van der Waals surface area (Å²) in [7, 11) is 0. The molecule has 0 saturated heterocycles. The van der Waals surface area contributed by atoms with Gasteiger partial charge < -0.3 is 9.47 Å². The highest BCUT2D eigenvalue weighted by atomic mass is 32.1. The number of pyridine rings is 1. The van der Waals surface area contributed by atoms with Crippen LogP contribution in [0.4, 0.5) is 4.39 Å². The van der Waals surface area contributed by atoms with E-state index in [4.69, 9.17) is 9.47 Å². The van der Waals surface area contributed by atoms with Crippen LogP contribution in [0, 0.1) is 5.95 Å². The number of nitrogens with zero attached hydrogens (tertiary/aromatic N) is 1. The highest BCUT2D eigenvalue weighted by Crippen LogP contribution is 2.26. The summed E-state index contributed by atoms with van der Waals surface area (Å²) in [5, 5.41) is 0. The summed E-state index contributed by atoms with van der Waals surface area (Å²) in [5.74, 6) is -0.353. The Labute approximate surface area is 218 Å². The number of carbonyl (C=O) groups is 1. The van der Waals surface area contributed by atoms with Gasteiger partial charge in [-0.25, -0.2) is 9.78 Å². The van der Waals surface area contributed by atoms with Crippen LogP contribution in [0.1, 0.15) is 92.6 Å². The molecule has 194 valence electrons. The van der Waals surface area contributed by atoms with Gasteiger partial charge in [-0.3, -0.25) is 0 Å². The Morgan fingerprint density at radius 2 is 1.53 bits per heavy atom. The van der Waals surface area contributed by atoms with Gasteiger partial charge in [-0.1, -0.05) is 65.2 Å². The molecule has 0 bridgehead atoms. The van der Waals surface area contributed by atoms with Crippen LogP contribution in [0.2, 0.25) is 0 Å². The number of unbranched alkanes of at least 4 members (excludes halogenated alkanes) is 8. The van der Waals surface area contributed by atoms with E-state index < -0.39 is 5.95 Å². The number of hydrogen-bond donors (Lipinski definition) is 0. The van der Waals surface area contributed by atoms with E-state index in [0.29, 0.717) is 22.9 Å². The molecule has 0 spiro atoms. The van der Waals surface area contributed by atoms with Gasteiger partial charge in [0.2, 0.25) is 0 Å². The van der Waals surface area contributed by atoms with Crippen LogP contribution in [0.5, 0.6) is 11.5 Å². The normalized spacial score (nSPS) is 11.0. The molecule has 0 N–H and O–H groups in total. The van der Waals surface area contributed by atoms with Crippen molar-refractivity contribution in [2.75, 3.05) is 6.61 Å². The van der Waals surface area contributed by atoms with Crippen molar-refractivity contribution in [3.63, 3.8) is 0 Å². The van der Waals surface area contributed by atoms with Crippen LogP contribution in [0.3, 0.4) is 0 Å². The molecule has 6 heteroatoms. The van der Waals surface area contributed by atoms with E-state index in [1.54, 1.807) is 36.4 Å². The largest absolute Gasteiger partial charge is 0.489 e. The van der Waals surface area contributed by atoms with Crippen molar-refractivity contribution >= 4 is 17.3 Å². The third-order valence-electron chi connectivity index (χ3n) is 6.07. The Balaban J connectivity index is 1.48. The third-order valence-corrected chi connectivity index (χ3v) is 7.20. The smallest absolute Gasteiger partial charge is 0.353 e. The van der Waals surface area contributed by atoms with Crippen LogP contribution >= 0.6 is 11.3 Å². The Hall–Kier alpha value is -2.73. The van der Waals surface area contributed by atoms with Crippen molar-refractivity contribution in [2.24, 2.45) is 0 Å². The van der Waals surface area contributed by atoms with Crippen molar-refractivity contribution in [3.8, 4) is 22.8 Å². The molecule has 2 heterocycles. The molecule has 0 radical (unpaired) electrons. The van der Waals surface area contributed by atoms with Gasteiger partial charge in [0.25, 0.3) is 5.95 Å². The maximum atomic E-state index is 14.4. The number of aryl methyl sites for hydroxylation is 1. The number of esters is 1. The van der Waals surface area contributed by atoms with Crippen LogP contribution in [-0.2, 0) is 6.42 Å². The molecule has 36 heavy (non-hydrogen) atoms. The Kier molecular flexibility index (Phi) is 11.9. The second-order valence-electron chi connectivity index (χ2n) is 9.09. The molecule has 0 fully saturated rings. The number of thiophene rings is 1. The summed E-state index contributed by atoms with van der Waals surface area (Å²) in [6.45, 7) is 4.86. The van der Waals surface area contributed by atoms with Crippen LogP contribution in [0.25, 0.3) is 11.3 Å². The fourth-order valence-electron chi connectivity index (χ4n) is 3.95. The fourth-order valence-corrected chi connectivity index (χ4v) is 4.88. The monoisotopic (exact) mass is 511 g/mol. The van der Waals surface area contributed by atoms with Crippen molar-refractivity contribution in [1.29, 1.82) is 0 Å². The molecule has 0 saturated carbocycles. The van der Waals surface area contributed by atoms with Crippen molar-refractivity contribution in [1.82, 2.24) is 4.98 Å². The number of ether oxygens (including phenoxy) is 2. The average Bonchev–Trinajstić information content (AvgIpc) is 3.36. The third kappa shape index (κ3) is 9.05. The number of carbonyl (C=O) groups excluding carboxylic acids is 1. The zero-order valence-corrected chi connectivity index (χ0v) is 22.4. The Morgan fingerprint density at radius 3 is 2.25 bits per heavy atom. The van der Waals surface area contributed by atoms with Crippen molar-refractivity contribution in [3.05, 3.63) is 64.2 Å². The predicted molar refractivity (Wildman–Crippen MR) is 146 cm³/mol. The Bertz CT molecular complexity index is 1060. The van der Waals surface area contributed by atoms with Crippen LogP contribution in [-0.4, -0.2) is 17.6 Å². The molecule has 0 aliphatic heterocycles. The van der Waals surface area contributed by atoms with E-state index in [1.165, 1.54) is 48.3 Å². The molecule has 4 nitrogen and oxygen atoms in total. The van der Waals surface area contributed by atoms with E-state index in [9.17, 15) is 9.18 Å². The first-order valence-electron chi connectivity index (χ1n) is 13.3. The lowest BCUT2D eigenvalue weighted by Crippen LogP contribution is -2.06. The number of halogens is 1. The molecule has 3 aromatic rings. The van der Waals surface area contributed by atoms with Crippen molar-refractivity contribution < 1.29 is 18.7 Å². The number of benzene rings is 1. The molecular formula is C30H38FNO3S. The zero-order valence-electron chi connectivity index (χ0n) is 21.6. The topological polar surface area (TPSA) is 48.4 Å². The first-order chi connectivity index (χ1) is 17.6. The van der Waals surface area contributed by atoms with Gasteiger partial charge in [-0.05, 0) is 67.8 Å². The molecule has 3 rings (SSSR count). The van der Waals surface area contributed by atoms with Gasteiger partial charge in [-0.15, -0.1) is 11.3 Å². The van der Waals surface area contributed by atoms with Gasteiger partial charge >= 0.3 is 5.97 Å². The summed E-state index contributed by atoms with van der Waals surface area (Å²) in [4.78, 5) is 18.4. The number of rotatable bonds is 16. The zero-order chi connectivity index (χ0) is 25.6.